The summed E-state index contributed by atoms with van der Waals surface area (Å²) in [6, 6.07) is 17.9. The molecule has 1 radical (unpaired) electrons. The summed E-state index contributed by atoms with van der Waals surface area (Å²) in [5, 5.41) is 0. The van der Waals surface area contributed by atoms with Gasteiger partial charge in [0.1, 0.15) is 0 Å². The molecule has 0 bridgehead atoms. The van der Waals surface area contributed by atoms with Crippen LogP contribution < -0.4 is 0 Å². The molecule has 2 aromatic rings. The van der Waals surface area contributed by atoms with E-state index in [0.717, 1.165) is 11.1 Å². The van der Waals surface area contributed by atoms with Crippen molar-refractivity contribution >= 4 is 5.97 Å². The van der Waals surface area contributed by atoms with Gasteiger partial charge >= 0.3 is 5.97 Å². The molecule has 0 atom stereocenters. The summed E-state index contributed by atoms with van der Waals surface area (Å²) in [7, 11) is 1.39. The van der Waals surface area contributed by atoms with Crippen LogP contribution in [-0.4, -0.2) is 13.1 Å². The zero-order valence-electron chi connectivity index (χ0n) is 8.94. The lowest BCUT2D eigenvalue weighted by atomic mass is 10.00. The van der Waals surface area contributed by atoms with E-state index in [2.05, 4.69) is 6.07 Å². The van der Waals surface area contributed by atoms with Crippen LogP contribution in [0.2, 0.25) is 0 Å². The molecular weight excluding hydrogens is 200 g/mol. The second kappa shape index (κ2) is 4.62. The predicted molar refractivity (Wildman–Crippen MR) is 62.1 cm³/mol. The fourth-order valence-corrected chi connectivity index (χ4v) is 1.58. The maximum absolute atomic E-state index is 11.6. The molecule has 79 valence electrons. The molecule has 0 aliphatic rings. The normalized spacial score (nSPS) is 9.81. The van der Waals surface area contributed by atoms with Gasteiger partial charge in [-0.25, -0.2) is 4.79 Å². The van der Waals surface area contributed by atoms with Gasteiger partial charge in [-0.05, 0) is 29.3 Å². The molecule has 0 saturated heterocycles. The monoisotopic (exact) mass is 211 g/mol. The molecular formula is C14H11O2. The van der Waals surface area contributed by atoms with Gasteiger partial charge in [-0.3, -0.25) is 0 Å². The van der Waals surface area contributed by atoms with Crippen LogP contribution in [0.3, 0.4) is 0 Å². The molecule has 0 spiro atoms. The minimum absolute atomic E-state index is 0.320. The van der Waals surface area contributed by atoms with Crippen molar-refractivity contribution in [2.24, 2.45) is 0 Å². The van der Waals surface area contributed by atoms with Crippen LogP contribution in [0.4, 0.5) is 0 Å². The second-order valence-corrected chi connectivity index (χ2v) is 3.33. The first-order valence-corrected chi connectivity index (χ1v) is 4.97. The molecule has 0 aromatic heterocycles. The number of esters is 1. The van der Waals surface area contributed by atoms with Gasteiger partial charge in [-0.1, -0.05) is 36.4 Å². The minimum Gasteiger partial charge on any atom is -0.465 e. The van der Waals surface area contributed by atoms with Crippen molar-refractivity contribution in [3.05, 3.63) is 60.2 Å². The molecule has 0 aliphatic heterocycles. The summed E-state index contributed by atoms with van der Waals surface area (Å²) >= 11 is 0. The van der Waals surface area contributed by atoms with Crippen molar-refractivity contribution in [3.8, 4) is 11.1 Å². The summed E-state index contributed by atoms with van der Waals surface area (Å²) in [5.41, 5.74) is 2.40. The summed E-state index contributed by atoms with van der Waals surface area (Å²) in [6.07, 6.45) is 0. The first-order chi connectivity index (χ1) is 7.83. The van der Waals surface area contributed by atoms with E-state index in [0.29, 0.717) is 5.56 Å². The second-order valence-electron chi connectivity index (χ2n) is 3.33. The Labute approximate surface area is 94.5 Å². The largest absolute Gasteiger partial charge is 0.465 e. The molecule has 2 heteroatoms. The Hall–Kier alpha value is -2.09. The summed E-state index contributed by atoms with van der Waals surface area (Å²) in [6.45, 7) is 0. The minimum atomic E-state index is -0.320. The van der Waals surface area contributed by atoms with Crippen LogP contribution in [0.1, 0.15) is 10.4 Å². The highest BCUT2D eigenvalue weighted by molar-refractivity contribution is 5.97. The Balaban J connectivity index is 2.53. The van der Waals surface area contributed by atoms with E-state index < -0.39 is 0 Å². The Morgan fingerprint density at radius 3 is 2.69 bits per heavy atom. The van der Waals surface area contributed by atoms with Crippen LogP contribution >= 0.6 is 0 Å². The zero-order valence-corrected chi connectivity index (χ0v) is 8.94. The van der Waals surface area contributed by atoms with Crippen LogP contribution in [0.5, 0.6) is 0 Å². The van der Waals surface area contributed by atoms with Gasteiger partial charge in [0.2, 0.25) is 0 Å². The molecule has 0 aliphatic carbocycles. The SMILES string of the molecule is COC(=O)c1ccccc1-c1c[c]ccc1. The molecule has 2 nitrogen and oxygen atoms in total. The lowest BCUT2D eigenvalue weighted by molar-refractivity contribution is 0.0601. The molecule has 16 heavy (non-hydrogen) atoms. The van der Waals surface area contributed by atoms with Crippen LogP contribution in [0.25, 0.3) is 11.1 Å². The molecule has 2 rings (SSSR count). The number of carbonyl (C=O) groups excluding carboxylic acids is 1. The number of methoxy groups -OCH3 is 1. The van der Waals surface area contributed by atoms with Crippen molar-refractivity contribution in [3.63, 3.8) is 0 Å². The molecule has 2 aromatic carbocycles. The third-order valence-corrected chi connectivity index (χ3v) is 2.35. The lowest BCUT2D eigenvalue weighted by Crippen LogP contribution is -2.03. The summed E-state index contributed by atoms with van der Waals surface area (Å²) in [5.74, 6) is -0.320. The topological polar surface area (TPSA) is 26.3 Å². The summed E-state index contributed by atoms with van der Waals surface area (Å²) < 4.78 is 4.75. The molecule has 0 saturated carbocycles. The van der Waals surface area contributed by atoms with Gasteiger partial charge < -0.3 is 4.74 Å². The van der Waals surface area contributed by atoms with E-state index in [9.17, 15) is 4.79 Å². The number of hydrogen-bond acceptors (Lipinski definition) is 2. The number of hydrogen-bond donors (Lipinski definition) is 0. The van der Waals surface area contributed by atoms with Gasteiger partial charge in [0.15, 0.2) is 0 Å². The first-order valence-electron chi connectivity index (χ1n) is 4.97. The van der Waals surface area contributed by atoms with Crippen molar-refractivity contribution < 1.29 is 9.53 Å². The first kappa shape index (κ1) is 10.4. The fraction of sp³-hybridized carbons (Fsp3) is 0.0714. The predicted octanol–water partition coefficient (Wildman–Crippen LogP) is 2.94. The molecule has 0 N–H and O–H groups in total. The Morgan fingerprint density at radius 2 is 2.00 bits per heavy atom. The van der Waals surface area contributed by atoms with Crippen molar-refractivity contribution in [1.29, 1.82) is 0 Å². The van der Waals surface area contributed by atoms with Crippen LogP contribution in [0.15, 0.2) is 48.5 Å². The maximum atomic E-state index is 11.6. The van der Waals surface area contributed by atoms with Crippen molar-refractivity contribution in [2.45, 2.75) is 0 Å². The zero-order chi connectivity index (χ0) is 11.4. The fourth-order valence-electron chi connectivity index (χ4n) is 1.58. The molecule has 0 unspecified atom stereocenters. The van der Waals surface area contributed by atoms with E-state index in [1.165, 1.54) is 7.11 Å². The van der Waals surface area contributed by atoms with Gasteiger partial charge in [0.05, 0.1) is 12.7 Å². The highest BCUT2D eigenvalue weighted by Crippen LogP contribution is 2.23. The third kappa shape index (κ3) is 1.96. The smallest absolute Gasteiger partial charge is 0.338 e. The molecule has 0 amide bonds. The lowest BCUT2D eigenvalue weighted by Gasteiger charge is -2.07. The summed E-state index contributed by atoms with van der Waals surface area (Å²) in [4.78, 5) is 11.6. The average Bonchev–Trinajstić information content (AvgIpc) is 2.39. The van der Waals surface area contributed by atoms with Gasteiger partial charge in [-0.2, -0.15) is 0 Å². The van der Waals surface area contributed by atoms with E-state index in [1.807, 2.05) is 42.5 Å². The highest BCUT2D eigenvalue weighted by atomic mass is 16.5. The molecule has 0 fully saturated rings. The maximum Gasteiger partial charge on any atom is 0.338 e. The van der Waals surface area contributed by atoms with Gasteiger partial charge in [0, 0.05) is 0 Å². The van der Waals surface area contributed by atoms with E-state index in [4.69, 9.17) is 4.74 Å². The molecule has 0 heterocycles. The standard InChI is InChI=1S/C14H11O2/c1-16-14(15)13-10-6-5-9-12(13)11-7-3-2-4-8-11/h2-3,5-10H,1H3. The van der Waals surface area contributed by atoms with Crippen molar-refractivity contribution in [2.75, 3.05) is 7.11 Å². The van der Waals surface area contributed by atoms with E-state index >= 15 is 0 Å². The van der Waals surface area contributed by atoms with E-state index in [-0.39, 0.29) is 5.97 Å². The van der Waals surface area contributed by atoms with Gasteiger partial charge in [-0.15, -0.1) is 0 Å². The highest BCUT2D eigenvalue weighted by Gasteiger charge is 2.11. The number of rotatable bonds is 2. The number of benzene rings is 2. The Kier molecular flexibility index (Phi) is 3.01. The Morgan fingerprint density at radius 1 is 1.19 bits per heavy atom. The van der Waals surface area contributed by atoms with Crippen LogP contribution in [0, 0.1) is 6.07 Å². The number of ether oxygens (including phenoxy) is 1. The third-order valence-electron chi connectivity index (χ3n) is 2.35. The van der Waals surface area contributed by atoms with Crippen molar-refractivity contribution in [1.82, 2.24) is 0 Å². The average molecular weight is 211 g/mol. The number of carbonyl (C=O) groups is 1. The van der Waals surface area contributed by atoms with E-state index in [1.54, 1.807) is 6.07 Å². The quantitative estimate of drug-likeness (QED) is 0.714. The Bertz CT molecular complexity index is 489. The van der Waals surface area contributed by atoms with Gasteiger partial charge in [0.25, 0.3) is 0 Å². The van der Waals surface area contributed by atoms with Crippen LogP contribution in [-0.2, 0) is 4.74 Å².